The van der Waals surface area contributed by atoms with Crippen molar-refractivity contribution in [1.82, 2.24) is 0 Å². The second-order valence-corrected chi connectivity index (χ2v) is 5.73. The number of benzene rings is 1. The van der Waals surface area contributed by atoms with Gasteiger partial charge in [0.1, 0.15) is 0 Å². The average molecular weight is 251 g/mol. The van der Waals surface area contributed by atoms with Crippen LogP contribution in [0.4, 0.5) is 0 Å². The highest BCUT2D eigenvalue weighted by Gasteiger charge is 2.08. The van der Waals surface area contributed by atoms with Crippen LogP contribution in [0, 0.1) is 5.92 Å². The molecule has 0 spiro atoms. The smallest absolute Gasteiger partial charge is 0.0406 e. The quantitative estimate of drug-likeness (QED) is 0.696. The van der Waals surface area contributed by atoms with Crippen molar-refractivity contribution >= 4 is 22.9 Å². The van der Waals surface area contributed by atoms with Gasteiger partial charge in [0.05, 0.1) is 0 Å². The average Bonchev–Trinajstić information content (AvgIpc) is 2.66. The summed E-state index contributed by atoms with van der Waals surface area (Å²) in [7, 11) is 0. The summed E-state index contributed by atoms with van der Waals surface area (Å²) in [6.07, 6.45) is 1.14. The highest BCUT2D eigenvalue weighted by molar-refractivity contribution is 7.13. The first kappa shape index (κ1) is 11.7. The summed E-state index contributed by atoms with van der Waals surface area (Å²) in [6.45, 7) is 4.51. The Morgan fingerprint density at radius 3 is 2.44 bits per heavy atom. The minimum Gasteiger partial charge on any atom is -0.144 e. The second kappa shape index (κ2) is 5.03. The van der Waals surface area contributed by atoms with Gasteiger partial charge in [-0.05, 0) is 47.0 Å². The van der Waals surface area contributed by atoms with Crippen molar-refractivity contribution in [3.8, 4) is 10.4 Å². The molecule has 2 rings (SSSR count). The Bertz CT molecular complexity index is 454. The van der Waals surface area contributed by atoms with Crippen molar-refractivity contribution < 1.29 is 0 Å². The van der Waals surface area contributed by atoms with Gasteiger partial charge in [-0.15, -0.1) is 11.3 Å². The summed E-state index contributed by atoms with van der Waals surface area (Å²) in [6, 6.07) is 10.3. The molecule has 16 heavy (non-hydrogen) atoms. The van der Waals surface area contributed by atoms with Crippen LogP contribution < -0.4 is 0 Å². The van der Waals surface area contributed by atoms with E-state index in [2.05, 4.69) is 37.4 Å². The molecule has 0 atom stereocenters. The van der Waals surface area contributed by atoms with Gasteiger partial charge in [0.2, 0.25) is 0 Å². The molecule has 0 fully saturated rings. The predicted molar refractivity (Wildman–Crippen MR) is 73.3 cm³/mol. The van der Waals surface area contributed by atoms with Crippen LogP contribution in [0.1, 0.15) is 19.4 Å². The molecule has 0 aliphatic rings. The number of hydrogen-bond donors (Lipinski definition) is 0. The molecular formula is C14H15ClS. The van der Waals surface area contributed by atoms with Crippen LogP contribution in [0.2, 0.25) is 5.02 Å². The van der Waals surface area contributed by atoms with E-state index in [1.165, 1.54) is 16.0 Å². The van der Waals surface area contributed by atoms with Crippen LogP contribution in [0.15, 0.2) is 35.7 Å². The molecule has 84 valence electrons. The Morgan fingerprint density at radius 2 is 1.81 bits per heavy atom. The van der Waals surface area contributed by atoms with Crippen molar-refractivity contribution in [2.24, 2.45) is 5.92 Å². The number of rotatable bonds is 3. The van der Waals surface area contributed by atoms with Crippen molar-refractivity contribution in [2.75, 3.05) is 0 Å². The molecule has 0 nitrogen and oxygen atoms in total. The zero-order chi connectivity index (χ0) is 11.5. The molecule has 0 bridgehead atoms. The first-order valence-electron chi connectivity index (χ1n) is 5.49. The van der Waals surface area contributed by atoms with E-state index in [1.54, 1.807) is 0 Å². The van der Waals surface area contributed by atoms with E-state index in [-0.39, 0.29) is 0 Å². The van der Waals surface area contributed by atoms with Gasteiger partial charge in [-0.1, -0.05) is 37.6 Å². The van der Waals surface area contributed by atoms with Crippen LogP contribution in [0.25, 0.3) is 10.4 Å². The molecule has 1 aromatic carbocycles. The van der Waals surface area contributed by atoms with Crippen molar-refractivity contribution in [1.29, 1.82) is 0 Å². The van der Waals surface area contributed by atoms with Gasteiger partial charge in [0.15, 0.2) is 0 Å². The van der Waals surface area contributed by atoms with Crippen molar-refractivity contribution in [2.45, 2.75) is 20.3 Å². The Kier molecular flexibility index (Phi) is 3.67. The van der Waals surface area contributed by atoms with E-state index in [1.807, 2.05) is 23.5 Å². The highest BCUT2D eigenvalue weighted by atomic mass is 35.5. The summed E-state index contributed by atoms with van der Waals surface area (Å²) in [5.41, 5.74) is 2.72. The lowest BCUT2D eigenvalue weighted by molar-refractivity contribution is 0.649. The van der Waals surface area contributed by atoms with Gasteiger partial charge in [-0.2, -0.15) is 0 Å². The van der Waals surface area contributed by atoms with Crippen molar-refractivity contribution in [3.05, 3.63) is 46.3 Å². The van der Waals surface area contributed by atoms with Gasteiger partial charge < -0.3 is 0 Å². The molecule has 1 heterocycles. The van der Waals surface area contributed by atoms with E-state index in [9.17, 15) is 0 Å². The molecule has 2 aromatic rings. The standard InChI is InChI=1S/C14H15ClS/c1-10(2)9-12-7-8-16-14(12)11-3-5-13(15)6-4-11/h3-8,10H,9H2,1-2H3. The topological polar surface area (TPSA) is 0 Å². The Balaban J connectivity index is 2.33. The SMILES string of the molecule is CC(C)Cc1ccsc1-c1ccc(Cl)cc1. The fraction of sp³-hybridized carbons (Fsp3) is 0.286. The molecule has 0 N–H and O–H groups in total. The van der Waals surface area contributed by atoms with Gasteiger partial charge in [-0.3, -0.25) is 0 Å². The molecule has 2 heteroatoms. The number of halogens is 1. The highest BCUT2D eigenvalue weighted by Crippen LogP contribution is 2.31. The normalized spacial score (nSPS) is 11.0. The summed E-state index contributed by atoms with van der Waals surface area (Å²) in [5, 5.41) is 2.97. The lowest BCUT2D eigenvalue weighted by Gasteiger charge is -2.06. The summed E-state index contributed by atoms with van der Waals surface area (Å²) in [5.74, 6) is 0.695. The van der Waals surface area contributed by atoms with E-state index in [0.717, 1.165) is 11.4 Å². The van der Waals surface area contributed by atoms with E-state index in [0.29, 0.717) is 5.92 Å². The van der Waals surface area contributed by atoms with E-state index >= 15 is 0 Å². The zero-order valence-electron chi connectivity index (χ0n) is 9.53. The zero-order valence-corrected chi connectivity index (χ0v) is 11.1. The molecule has 1 aromatic heterocycles. The largest absolute Gasteiger partial charge is 0.144 e. The van der Waals surface area contributed by atoms with Crippen LogP contribution in [0.3, 0.4) is 0 Å². The third-order valence-electron chi connectivity index (χ3n) is 2.48. The monoisotopic (exact) mass is 250 g/mol. The lowest BCUT2D eigenvalue weighted by atomic mass is 10.0. The Labute approximate surface area is 106 Å². The first-order chi connectivity index (χ1) is 7.66. The van der Waals surface area contributed by atoms with Crippen LogP contribution in [0.5, 0.6) is 0 Å². The van der Waals surface area contributed by atoms with Crippen molar-refractivity contribution in [3.63, 3.8) is 0 Å². The lowest BCUT2D eigenvalue weighted by Crippen LogP contribution is -1.93. The predicted octanol–water partition coefficient (Wildman–Crippen LogP) is 5.27. The van der Waals surface area contributed by atoms with Crippen LogP contribution in [-0.4, -0.2) is 0 Å². The summed E-state index contributed by atoms with van der Waals surface area (Å²) < 4.78 is 0. The van der Waals surface area contributed by atoms with Gasteiger partial charge in [0, 0.05) is 9.90 Å². The van der Waals surface area contributed by atoms with Gasteiger partial charge >= 0.3 is 0 Å². The molecule has 0 saturated carbocycles. The maximum absolute atomic E-state index is 5.90. The summed E-state index contributed by atoms with van der Waals surface area (Å²) >= 11 is 7.71. The number of hydrogen-bond acceptors (Lipinski definition) is 1. The van der Waals surface area contributed by atoms with Gasteiger partial charge in [0.25, 0.3) is 0 Å². The first-order valence-corrected chi connectivity index (χ1v) is 6.75. The minimum atomic E-state index is 0.695. The summed E-state index contributed by atoms with van der Waals surface area (Å²) in [4.78, 5) is 1.38. The van der Waals surface area contributed by atoms with Gasteiger partial charge in [-0.25, -0.2) is 0 Å². The minimum absolute atomic E-state index is 0.695. The van der Waals surface area contributed by atoms with E-state index < -0.39 is 0 Å². The third kappa shape index (κ3) is 2.66. The molecule has 0 amide bonds. The Morgan fingerprint density at radius 1 is 1.12 bits per heavy atom. The van der Waals surface area contributed by atoms with Crippen LogP contribution >= 0.6 is 22.9 Å². The molecular weight excluding hydrogens is 236 g/mol. The fourth-order valence-electron chi connectivity index (χ4n) is 1.79. The van der Waals surface area contributed by atoms with E-state index in [4.69, 9.17) is 11.6 Å². The Hall–Kier alpha value is -0.790. The van der Waals surface area contributed by atoms with Crippen LogP contribution in [-0.2, 0) is 6.42 Å². The third-order valence-corrected chi connectivity index (χ3v) is 3.74. The molecule has 0 saturated heterocycles. The molecule has 0 radical (unpaired) electrons. The molecule has 0 aliphatic heterocycles. The number of thiophene rings is 1. The second-order valence-electron chi connectivity index (χ2n) is 4.38. The maximum Gasteiger partial charge on any atom is 0.0406 e. The molecule has 0 aliphatic carbocycles. The fourth-order valence-corrected chi connectivity index (χ4v) is 2.86. The maximum atomic E-state index is 5.90. The molecule has 0 unspecified atom stereocenters.